The van der Waals surface area contributed by atoms with Crippen LogP contribution in [0.25, 0.3) is 0 Å². The van der Waals surface area contributed by atoms with Gasteiger partial charge in [-0.1, -0.05) is 19.8 Å². The second kappa shape index (κ2) is 5.74. The Labute approximate surface area is 97.8 Å². The van der Waals surface area contributed by atoms with Gasteiger partial charge in [0.2, 0.25) is 5.91 Å². The van der Waals surface area contributed by atoms with E-state index in [-0.39, 0.29) is 17.4 Å². The van der Waals surface area contributed by atoms with E-state index in [4.69, 9.17) is 11.6 Å². The molecule has 1 fully saturated rings. The molecule has 0 heterocycles. The lowest BCUT2D eigenvalue weighted by Gasteiger charge is -2.30. The molecule has 1 amide bonds. The first-order chi connectivity index (χ1) is 7.11. The third-order valence-corrected chi connectivity index (χ3v) is 3.77. The molecule has 3 heteroatoms. The lowest BCUT2D eigenvalue weighted by atomic mass is 9.94. The number of halogens is 1. The largest absolute Gasteiger partial charge is 0.351 e. The zero-order valence-corrected chi connectivity index (χ0v) is 10.6. The molecule has 2 nitrogen and oxygen atoms in total. The first kappa shape index (κ1) is 12.8. The van der Waals surface area contributed by atoms with Crippen LogP contribution >= 0.6 is 11.6 Å². The minimum atomic E-state index is -0.110. The first-order valence-corrected chi connectivity index (χ1v) is 6.53. The minimum absolute atomic E-state index is 0.110. The van der Waals surface area contributed by atoms with Crippen LogP contribution in [0.3, 0.4) is 0 Å². The van der Waals surface area contributed by atoms with Crippen LogP contribution in [0.4, 0.5) is 0 Å². The van der Waals surface area contributed by atoms with Crippen LogP contribution in [-0.2, 0) is 4.79 Å². The van der Waals surface area contributed by atoms with Crippen molar-refractivity contribution in [2.45, 2.75) is 57.9 Å². The van der Waals surface area contributed by atoms with Gasteiger partial charge in [-0.2, -0.15) is 0 Å². The molecule has 0 aliphatic heterocycles. The van der Waals surface area contributed by atoms with Crippen molar-refractivity contribution in [2.75, 3.05) is 5.88 Å². The number of hydrogen-bond donors (Lipinski definition) is 1. The van der Waals surface area contributed by atoms with E-state index in [1.54, 1.807) is 0 Å². The predicted octanol–water partition coefficient (Wildman–Crippen LogP) is 3.09. The van der Waals surface area contributed by atoms with Gasteiger partial charge in [0.15, 0.2) is 0 Å². The molecule has 1 rings (SSSR count). The summed E-state index contributed by atoms with van der Waals surface area (Å²) < 4.78 is 0. The van der Waals surface area contributed by atoms with Crippen molar-refractivity contribution in [3.63, 3.8) is 0 Å². The van der Waals surface area contributed by atoms with Gasteiger partial charge in [-0.15, -0.1) is 11.6 Å². The van der Waals surface area contributed by atoms with Gasteiger partial charge in [0.1, 0.15) is 0 Å². The quantitative estimate of drug-likeness (QED) is 0.724. The molecule has 0 aromatic carbocycles. The number of nitrogens with one attached hydrogen (secondary N) is 1. The van der Waals surface area contributed by atoms with E-state index >= 15 is 0 Å². The van der Waals surface area contributed by atoms with E-state index in [1.807, 2.05) is 0 Å². The third-order valence-electron chi connectivity index (χ3n) is 3.58. The normalized spacial score (nSPS) is 21.3. The van der Waals surface area contributed by atoms with Crippen molar-refractivity contribution in [1.29, 1.82) is 0 Å². The van der Waals surface area contributed by atoms with E-state index in [9.17, 15) is 4.79 Å². The Morgan fingerprint density at radius 3 is 2.53 bits per heavy atom. The van der Waals surface area contributed by atoms with Crippen molar-refractivity contribution < 1.29 is 4.79 Å². The number of carbonyl (C=O) groups is 1. The molecule has 0 aromatic heterocycles. The van der Waals surface area contributed by atoms with Crippen LogP contribution in [0.1, 0.15) is 52.4 Å². The van der Waals surface area contributed by atoms with E-state index in [1.165, 1.54) is 12.8 Å². The fraction of sp³-hybridized carbons (Fsp3) is 0.917. The molecule has 1 aliphatic rings. The number of carbonyl (C=O) groups excluding carboxylic acids is 1. The van der Waals surface area contributed by atoms with Gasteiger partial charge in [0, 0.05) is 17.3 Å². The maximum atomic E-state index is 11.9. The minimum Gasteiger partial charge on any atom is -0.351 e. The van der Waals surface area contributed by atoms with Crippen molar-refractivity contribution in [3.8, 4) is 0 Å². The second-order valence-electron chi connectivity index (χ2n) is 4.82. The Hall–Kier alpha value is -0.240. The van der Waals surface area contributed by atoms with Crippen LogP contribution in [0, 0.1) is 5.92 Å². The average molecular weight is 232 g/mol. The molecule has 1 aliphatic carbocycles. The van der Waals surface area contributed by atoms with Crippen LogP contribution in [0.5, 0.6) is 0 Å². The molecule has 1 unspecified atom stereocenters. The Morgan fingerprint density at radius 1 is 1.47 bits per heavy atom. The summed E-state index contributed by atoms with van der Waals surface area (Å²) in [4.78, 5) is 11.9. The van der Waals surface area contributed by atoms with E-state index in [0.29, 0.717) is 5.88 Å². The Bertz CT molecular complexity index is 214. The van der Waals surface area contributed by atoms with Gasteiger partial charge in [-0.05, 0) is 32.6 Å². The molecule has 88 valence electrons. The van der Waals surface area contributed by atoms with Crippen LogP contribution < -0.4 is 5.32 Å². The van der Waals surface area contributed by atoms with E-state index in [2.05, 4.69) is 19.2 Å². The van der Waals surface area contributed by atoms with Gasteiger partial charge in [0.25, 0.3) is 0 Å². The number of alkyl halides is 1. The van der Waals surface area contributed by atoms with Crippen molar-refractivity contribution in [2.24, 2.45) is 5.92 Å². The Kier molecular flexibility index (Phi) is 4.91. The van der Waals surface area contributed by atoms with Crippen LogP contribution in [0.15, 0.2) is 0 Å². The van der Waals surface area contributed by atoms with E-state index < -0.39 is 0 Å². The summed E-state index contributed by atoms with van der Waals surface area (Å²) >= 11 is 5.76. The zero-order valence-electron chi connectivity index (χ0n) is 9.81. The highest BCUT2D eigenvalue weighted by atomic mass is 35.5. The van der Waals surface area contributed by atoms with Gasteiger partial charge < -0.3 is 5.32 Å². The lowest BCUT2D eigenvalue weighted by Crippen LogP contribution is -2.47. The number of rotatable bonds is 5. The van der Waals surface area contributed by atoms with Crippen molar-refractivity contribution >= 4 is 17.5 Å². The summed E-state index contributed by atoms with van der Waals surface area (Å²) in [6.07, 6.45) is 6.33. The Morgan fingerprint density at radius 2 is 2.07 bits per heavy atom. The molecule has 0 radical (unpaired) electrons. The fourth-order valence-corrected chi connectivity index (χ4v) is 2.54. The summed E-state index contributed by atoms with van der Waals surface area (Å²) in [5.74, 6) is 1.10. The summed E-state index contributed by atoms with van der Waals surface area (Å²) in [6, 6.07) is 0. The second-order valence-corrected chi connectivity index (χ2v) is 5.20. The summed E-state index contributed by atoms with van der Waals surface area (Å²) in [6.45, 7) is 4.18. The number of hydrogen-bond acceptors (Lipinski definition) is 1. The monoisotopic (exact) mass is 231 g/mol. The standard InChI is InChI=1S/C12H22ClNO/c1-3-12(2,8-9-13)14-11(15)10-6-4-5-7-10/h10H,3-9H2,1-2H3,(H,14,15). The van der Waals surface area contributed by atoms with Gasteiger partial charge in [-0.25, -0.2) is 0 Å². The highest BCUT2D eigenvalue weighted by molar-refractivity contribution is 6.17. The van der Waals surface area contributed by atoms with Crippen LogP contribution in [0.2, 0.25) is 0 Å². The summed E-state index contributed by atoms with van der Waals surface area (Å²) in [7, 11) is 0. The molecule has 15 heavy (non-hydrogen) atoms. The van der Waals surface area contributed by atoms with Gasteiger partial charge in [0.05, 0.1) is 0 Å². The topological polar surface area (TPSA) is 29.1 Å². The van der Waals surface area contributed by atoms with Gasteiger partial charge in [-0.3, -0.25) is 4.79 Å². The summed E-state index contributed by atoms with van der Waals surface area (Å²) in [5, 5.41) is 3.16. The Balaban J connectivity index is 2.46. The molecule has 1 atom stereocenters. The first-order valence-electron chi connectivity index (χ1n) is 5.99. The molecule has 0 aromatic rings. The molecule has 0 bridgehead atoms. The summed E-state index contributed by atoms with van der Waals surface area (Å²) in [5.41, 5.74) is -0.110. The molecular weight excluding hydrogens is 210 g/mol. The van der Waals surface area contributed by atoms with E-state index in [0.717, 1.165) is 25.7 Å². The maximum Gasteiger partial charge on any atom is 0.223 e. The molecule has 1 saturated carbocycles. The molecule has 0 saturated heterocycles. The van der Waals surface area contributed by atoms with Gasteiger partial charge >= 0.3 is 0 Å². The molecule has 0 spiro atoms. The zero-order chi connectivity index (χ0) is 11.3. The fourth-order valence-electron chi connectivity index (χ4n) is 2.12. The molecular formula is C12H22ClNO. The van der Waals surface area contributed by atoms with Crippen molar-refractivity contribution in [1.82, 2.24) is 5.32 Å². The predicted molar refractivity (Wildman–Crippen MR) is 64.1 cm³/mol. The highest BCUT2D eigenvalue weighted by Gasteiger charge is 2.29. The average Bonchev–Trinajstić information content (AvgIpc) is 2.71. The maximum absolute atomic E-state index is 11.9. The SMILES string of the molecule is CCC(C)(CCCl)NC(=O)C1CCCC1. The highest BCUT2D eigenvalue weighted by Crippen LogP contribution is 2.26. The smallest absolute Gasteiger partial charge is 0.223 e. The third kappa shape index (κ3) is 3.67. The lowest BCUT2D eigenvalue weighted by molar-refractivity contribution is -0.126. The number of amides is 1. The van der Waals surface area contributed by atoms with Crippen LogP contribution in [-0.4, -0.2) is 17.3 Å². The van der Waals surface area contributed by atoms with Crippen molar-refractivity contribution in [3.05, 3.63) is 0 Å². The molecule has 1 N–H and O–H groups in total.